The van der Waals surface area contributed by atoms with Crippen molar-refractivity contribution >= 4 is 5.91 Å². The van der Waals surface area contributed by atoms with Gasteiger partial charge in [-0.25, -0.2) is 0 Å². The Morgan fingerprint density at radius 3 is 2.62 bits per heavy atom. The number of terminal acetylenes is 1. The van der Waals surface area contributed by atoms with Gasteiger partial charge in [0.25, 0.3) is 0 Å². The molecule has 1 aromatic carbocycles. The first-order valence-electron chi connectivity index (χ1n) is 5.58. The molecular weight excluding hydrogens is 198 g/mol. The standard InChI is InChI=1S/C14H15NO/c1-2-10-15(13-8-9-13)14(16)11-12-6-4-3-5-7-12/h1,3-7,13H,8-11H2. The third-order valence-corrected chi connectivity index (χ3v) is 2.77. The first-order chi connectivity index (χ1) is 7.81. The molecule has 0 radical (unpaired) electrons. The average Bonchev–Trinajstić information content (AvgIpc) is 3.11. The van der Waals surface area contributed by atoms with Crippen molar-refractivity contribution in [2.24, 2.45) is 0 Å². The third-order valence-electron chi connectivity index (χ3n) is 2.77. The fourth-order valence-corrected chi connectivity index (χ4v) is 1.78. The first-order valence-corrected chi connectivity index (χ1v) is 5.58. The first kappa shape index (κ1) is 10.8. The summed E-state index contributed by atoms with van der Waals surface area (Å²) in [4.78, 5) is 13.8. The van der Waals surface area contributed by atoms with Crippen LogP contribution in [-0.4, -0.2) is 23.4 Å². The minimum absolute atomic E-state index is 0.145. The molecule has 0 aromatic heterocycles. The number of rotatable bonds is 4. The fraction of sp³-hybridized carbons (Fsp3) is 0.357. The fourth-order valence-electron chi connectivity index (χ4n) is 1.78. The summed E-state index contributed by atoms with van der Waals surface area (Å²) in [5.74, 6) is 2.71. The molecule has 0 heterocycles. The van der Waals surface area contributed by atoms with E-state index in [4.69, 9.17) is 6.42 Å². The van der Waals surface area contributed by atoms with Crippen LogP contribution in [0, 0.1) is 12.3 Å². The third kappa shape index (κ3) is 2.64. The molecule has 0 N–H and O–H groups in total. The van der Waals surface area contributed by atoms with Crippen molar-refractivity contribution in [1.82, 2.24) is 4.90 Å². The van der Waals surface area contributed by atoms with Gasteiger partial charge in [0.05, 0.1) is 13.0 Å². The van der Waals surface area contributed by atoms with Gasteiger partial charge in [0.1, 0.15) is 0 Å². The van der Waals surface area contributed by atoms with E-state index in [-0.39, 0.29) is 5.91 Å². The minimum Gasteiger partial charge on any atom is -0.328 e. The zero-order valence-corrected chi connectivity index (χ0v) is 9.23. The van der Waals surface area contributed by atoms with Crippen LogP contribution in [-0.2, 0) is 11.2 Å². The van der Waals surface area contributed by atoms with Crippen molar-refractivity contribution in [2.75, 3.05) is 6.54 Å². The molecule has 1 aliphatic rings. The van der Waals surface area contributed by atoms with Gasteiger partial charge >= 0.3 is 0 Å². The Morgan fingerprint density at radius 2 is 2.06 bits per heavy atom. The van der Waals surface area contributed by atoms with E-state index in [0.29, 0.717) is 19.0 Å². The monoisotopic (exact) mass is 213 g/mol. The van der Waals surface area contributed by atoms with E-state index in [9.17, 15) is 4.79 Å². The Morgan fingerprint density at radius 1 is 1.38 bits per heavy atom. The Bertz CT molecular complexity index is 400. The number of hydrogen-bond donors (Lipinski definition) is 0. The number of benzene rings is 1. The average molecular weight is 213 g/mol. The summed E-state index contributed by atoms with van der Waals surface area (Å²) in [6.45, 7) is 0.441. The van der Waals surface area contributed by atoms with Crippen molar-refractivity contribution in [3.8, 4) is 12.3 Å². The Kier molecular flexibility index (Phi) is 3.26. The van der Waals surface area contributed by atoms with Gasteiger partial charge in [-0.05, 0) is 18.4 Å². The molecule has 0 bridgehead atoms. The lowest BCUT2D eigenvalue weighted by molar-refractivity contribution is -0.130. The smallest absolute Gasteiger partial charge is 0.228 e. The molecule has 16 heavy (non-hydrogen) atoms. The highest BCUT2D eigenvalue weighted by Crippen LogP contribution is 2.27. The summed E-state index contributed by atoms with van der Waals surface area (Å²) in [7, 11) is 0. The summed E-state index contributed by atoms with van der Waals surface area (Å²) in [5.41, 5.74) is 1.05. The lowest BCUT2D eigenvalue weighted by Gasteiger charge is -2.19. The summed E-state index contributed by atoms with van der Waals surface area (Å²) < 4.78 is 0. The maximum Gasteiger partial charge on any atom is 0.228 e. The second-order valence-corrected chi connectivity index (χ2v) is 4.12. The van der Waals surface area contributed by atoms with Gasteiger partial charge in [-0.1, -0.05) is 36.3 Å². The van der Waals surface area contributed by atoms with Gasteiger partial charge in [-0.15, -0.1) is 6.42 Å². The van der Waals surface area contributed by atoms with Crippen molar-refractivity contribution in [2.45, 2.75) is 25.3 Å². The Balaban J connectivity index is 1.98. The lowest BCUT2D eigenvalue weighted by atomic mass is 10.1. The largest absolute Gasteiger partial charge is 0.328 e. The number of hydrogen-bond acceptors (Lipinski definition) is 1. The highest BCUT2D eigenvalue weighted by molar-refractivity contribution is 5.79. The molecule has 0 aliphatic heterocycles. The second-order valence-electron chi connectivity index (χ2n) is 4.12. The highest BCUT2D eigenvalue weighted by Gasteiger charge is 2.31. The van der Waals surface area contributed by atoms with Crippen LogP contribution < -0.4 is 0 Å². The summed E-state index contributed by atoms with van der Waals surface area (Å²) in [5, 5.41) is 0. The maximum atomic E-state index is 12.0. The molecule has 0 saturated heterocycles. The predicted octanol–water partition coefficient (Wildman–Crippen LogP) is 1.85. The van der Waals surface area contributed by atoms with Crippen molar-refractivity contribution in [1.29, 1.82) is 0 Å². The predicted molar refractivity (Wildman–Crippen MR) is 63.7 cm³/mol. The topological polar surface area (TPSA) is 20.3 Å². The summed E-state index contributed by atoms with van der Waals surface area (Å²) in [6.07, 6.45) is 7.94. The lowest BCUT2D eigenvalue weighted by Crippen LogP contribution is -2.34. The minimum atomic E-state index is 0.145. The van der Waals surface area contributed by atoms with Crippen LogP contribution in [0.3, 0.4) is 0 Å². The summed E-state index contributed by atoms with van der Waals surface area (Å²) in [6, 6.07) is 10.2. The summed E-state index contributed by atoms with van der Waals surface area (Å²) >= 11 is 0. The van der Waals surface area contributed by atoms with E-state index in [1.165, 1.54) is 0 Å². The van der Waals surface area contributed by atoms with Gasteiger partial charge in [-0.2, -0.15) is 0 Å². The van der Waals surface area contributed by atoms with Crippen LogP contribution in [0.1, 0.15) is 18.4 Å². The van der Waals surface area contributed by atoms with Gasteiger partial charge in [0, 0.05) is 6.04 Å². The Labute approximate surface area is 96.3 Å². The van der Waals surface area contributed by atoms with Crippen LogP contribution in [0.4, 0.5) is 0 Å². The van der Waals surface area contributed by atoms with Crippen LogP contribution in [0.5, 0.6) is 0 Å². The van der Waals surface area contributed by atoms with E-state index in [2.05, 4.69) is 5.92 Å². The normalized spacial score (nSPS) is 14.2. The van der Waals surface area contributed by atoms with Crippen molar-refractivity contribution in [3.05, 3.63) is 35.9 Å². The molecule has 1 fully saturated rings. The molecule has 1 aromatic rings. The molecule has 2 rings (SSSR count). The van der Waals surface area contributed by atoms with E-state index < -0.39 is 0 Å². The van der Waals surface area contributed by atoms with Crippen molar-refractivity contribution < 1.29 is 4.79 Å². The maximum absolute atomic E-state index is 12.0. The van der Waals surface area contributed by atoms with Crippen LogP contribution in [0.2, 0.25) is 0 Å². The second kappa shape index (κ2) is 4.85. The molecule has 2 heteroatoms. The SMILES string of the molecule is C#CCN(C(=O)Cc1ccccc1)C1CC1. The molecule has 0 unspecified atom stereocenters. The Hall–Kier alpha value is -1.75. The van der Waals surface area contributed by atoms with E-state index in [0.717, 1.165) is 18.4 Å². The molecule has 0 atom stereocenters. The van der Waals surface area contributed by atoms with Gasteiger partial charge < -0.3 is 4.90 Å². The number of nitrogens with zero attached hydrogens (tertiary/aromatic N) is 1. The van der Waals surface area contributed by atoms with Crippen LogP contribution in [0.25, 0.3) is 0 Å². The van der Waals surface area contributed by atoms with E-state index in [1.54, 1.807) is 0 Å². The van der Waals surface area contributed by atoms with Gasteiger partial charge in [0.2, 0.25) is 5.91 Å². The zero-order chi connectivity index (χ0) is 11.4. The van der Waals surface area contributed by atoms with Crippen LogP contribution >= 0.6 is 0 Å². The molecule has 0 spiro atoms. The van der Waals surface area contributed by atoms with Crippen molar-refractivity contribution in [3.63, 3.8) is 0 Å². The highest BCUT2D eigenvalue weighted by atomic mass is 16.2. The molecule has 82 valence electrons. The number of carbonyl (C=O) groups excluding carboxylic acids is 1. The van der Waals surface area contributed by atoms with Gasteiger partial charge in [0.15, 0.2) is 0 Å². The molecular formula is C14H15NO. The number of amides is 1. The van der Waals surface area contributed by atoms with Crippen LogP contribution in [0.15, 0.2) is 30.3 Å². The molecule has 1 aliphatic carbocycles. The molecule has 2 nitrogen and oxygen atoms in total. The quantitative estimate of drug-likeness (QED) is 0.699. The van der Waals surface area contributed by atoms with Gasteiger partial charge in [-0.3, -0.25) is 4.79 Å². The molecule has 1 amide bonds. The zero-order valence-electron chi connectivity index (χ0n) is 9.23. The molecule has 1 saturated carbocycles. The number of carbonyl (C=O) groups is 1. The van der Waals surface area contributed by atoms with E-state index in [1.807, 2.05) is 35.2 Å². The van der Waals surface area contributed by atoms with E-state index >= 15 is 0 Å².